The predicted octanol–water partition coefficient (Wildman–Crippen LogP) is 2.71. The lowest BCUT2D eigenvalue weighted by atomic mass is 9.78. The number of nitrogens with one attached hydrogen (secondary N) is 1. The number of benzene rings is 1. The average Bonchev–Trinajstić information content (AvgIpc) is 2.88. The largest absolute Gasteiger partial charge is 0.330 e. The standard InChI is InChI=1S/C16H20FN3/c1-16(5-7-18-8-6-16)15-10-19-12-20(15)11-13-3-2-4-14(17)9-13/h2-4,9-10,12,18H,5-8,11H2,1H3. The van der Waals surface area contributed by atoms with Crippen LogP contribution in [0.4, 0.5) is 4.39 Å². The van der Waals surface area contributed by atoms with E-state index in [2.05, 4.69) is 21.8 Å². The molecular formula is C16H20FN3. The van der Waals surface area contributed by atoms with Crippen LogP contribution in [-0.4, -0.2) is 22.6 Å². The molecule has 1 aromatic carbocycles. The van der Waals surface area contributed by atoms with E-state index in [1.165, 1.54) is 11.8 Å². The molecule has 0 atom stereocenters. The van der Waals surface area contributed by atoms with Gasteiger partial charge in [-0.2, -0.15) is 0 Å². The molecule has 1 saturated heterocycles. The maximum Gasteiger partial charge on any atom is 0.123 e. The van der Waals surface area contributed by atoms with Crippen LogP contribution in [0.2, 0.25) is 0 Å². The lowest BCUT2D eigenvalue weighted by Gasteiger charge is -2.34. The zero-order valence-corrected chi connectivity index (χ0v) is 11.8. The first-order chi connectivity index (χ1) is 9.67. The first-order valence-electron chi connectivity index (χ1n) is 7.13. The van der Waals surface area contributed by atoms with Gasteiger partial charge >= 0.3 is 0 Å². The van der Waals surface area contributed by atoms with Gasteiger partial charge in [-0.25, -0.2) is 9.37 Å². The van der Waals surface area contributed by atoms with Crippen molar-refractivity contribution in [2.45, 2.75) is 31.7 Å². The second kappa shape index (κ2) is 5.37. The summed E-state index contributed by atoms with van der Waals surface area (Å²) in [7, 11) is 0. The van der Waals surface area contributed by atoms with Gasteiger partial charge in [0, 0.05) is 23.9 Å². The Hall–Kier alpha value is -1.68. The smallest absolute Gasteiger partial charge is 0.123 e. The Kier molecular flexibility index (Phi) is 3.57. The van der Waals surface area contributed by atoms with E-state index in [0.717, 1.165) is 31.5 Å². The summed E-state index contributed by atoms with van der Waals surface area (Å²) in [5.74, 6) is -0.183. The highest BCUT2D eigenvalue weighted by molar-refractivity contribution is 5.21. The van der Waals surface area contributed by atoms with Crippen molar-refractivity contribution in [3.05, 3.63) is 53.9 Å². The van der Waals surface area contributed by atoms with E-state index < -0.39 is 0 Å². The summed E-state index contributed by atoms with van der Waals surface area (Å²) in [5.41, 5.74) is 2.39. The number of halogens is 1. The minimum Gasteiger partial charge on any atom is -0.330 e. The minimum absolute atomic E-state index is 0.162. The summed E-state index contributed by atoms with van der Waals surface area (Å²) < 4.78 is 15.4. The molecule has 1 fully saturated rings. The summed E-state index contributed by atoms with van der Waals surface area (Å²) in [6.45, 7) is 5.06. The van der Waals surface area contributed by atoms with Crippen LogP contribution < -0.4 is 5.32 Å². The molecule has 106 valence electrons. The van der Waals surface area contributed by atoms with Gasteiger partial charge in [-0.15, -0.1) is 0 Å². The molecule has 0 aliphatic carbocycles. The zero-order valence-electron chi connectivity index (χ0n) is 11.8. The Balaban J connectivity index is 1.86. The highest BCUT2D eigenvalue weighted by Crippen LogP contribution is 2.32. The lowest BCUT2D eigenvalue weighted by Crippen LogP contribution is -2.39. The number of rotatable bonds is 3. The van der Waals surface area contributed by atoms with Crippen LogP contribution >= 0.6 is 0 Å². The van der Waals surface area contributed by atoms with Crippen molar-refractivity contribution in [3.63, 3.8) is 0 Å². The Morgan fingerprint density at radius 1 is 1.35 bits per heavy atom. The van der Waals surface area contributed by atoms with Gasteiger partial charge < -0.3 is 9.88 Å². The Labute approximate surface area is 118 Å². The van der Waals surface area contributed by atoms with Crippen molar-refractivity contribution in [2.75, 3.05) is 13.1 Å². The third-order valence-corrected chi connectivity index (χ3v) is 4.28. The van der Waals surface area contributed by atoms with Crippen LogP contribution in [0.5, 0.6) is 0 Å². The molecular weight excluding hydrogens is 253 g/mol. The summed E-state index contributed by atoms with van der Waals surface area (Å²) >= 11 is 0. The normalized spacial score (nSPS) is 18.1. The first kappa shape index (κ1) is 13.3. The molecule has 2 aromatic rings. The molecule has 1 N–H and O–H groups in total. The van der Waals surface area contributed by atoms with Crippen LogP contribution in [-0.2, 0) is 12.0 Å². The number of imidazole rings is 1. The number of nitrogens with zero attached hydrogens (tertiary/aromatic N) is 2. The van der Waals surface area contributed by atoms with Crippen molar-refractivity contribution in [1.82, 2.24) is 14.9 Å². The molecule has 4 heteroatoms. The van der Waals surface area contributed by atoms with Crippen molar-refractivity contribution in [2.24, 2.45) is 0 Å². The molecule has 1 aromatic heterocycles. The van der Waals surface area contributed by atoms with Gasteiger partial charge in [-0.3, -0.25) is 0 Å². The third kappa shape index (κ3) is 2.61. The van der Waals surface area contributed by atoms with Gasteiger partial charge in [-0.05, 0) is 43.6 Å². The monoisotopic (exact) mass is 273 g/mol. The molecule has 0 spiro atoms. The van der Waals surface area contributed by atoms with Crippen LogP contribution in [0.1, 0.15) is 31.0 Å². The van der Waals surface area contributed by atoms with E-state index in [1.807, 2.05) is 18.6 Å². The average molecular weight is 273 g/mol. The van der Waals surface area contributed by atoms with Crippen LogP contribution in [0, 0.1) is 5.82 Å². The molecule has 3 nitrogen and oxygen atoms in total. The van der Waals surface area contributed by atoms with Gasteiger partial charge in [0.25, 0.3) is 0 Å². The Morgan fingerprint density at radius 2 is 2.15 bits per heavy atom. The molecule has 0 radical (unpaired) electrons. The topological polar surface area (TPSA) is 29.9 Å². The number of hydrogen-bond donors (Lipinski definition) is 1. The van der Waals surface area contributed by atoms with E-state index in [4.69, 9.17) is 0 Å². The number of hydrogen-bond acceptors (Lipinski definition) is 2. The number of aromatic nitrogens is 2. The van der Waals surface area contributed by atoms with Gasteiger partial charge in [-0.1, -0.05) is 19.1 Å². The quantitative estimate of drug-likeness (QED) is 0.932. The second-order valence-corrected chi connectivity index (χ2v) is 5.85. The molecule has 0 bridgehead atoms. The molecule has 0 unspecified atom stereocenters. The second-order valence-electron chi connectivity index (χ2n) is 5.85. The van der Waals surface area contributed by atoms with Crippen LogP contribution in [0.15, 0.2) is 36.8 Å². The number of piperidine rings is 1. The molecule has 0 saturated carbocycles. The highest BCUT2D eigenvalue weighted by Gasteiger charge is 2.31. The fourth-order valence-electron chi connectivity index (χ4n) is 3.02. The van der Waals surface area contributed by atoms with E-state index in [9.17, 15) is 4.39 Å². The van der Waals surface area contributed by atoms with E-state index >= 15 is 0 Å². The lowest BCUT2D eigenvalue weighted by molar-refractivity contribution is 0.318. The summed E-state index contributed by atoms with van der Waals surface area (Å²) in [4.78, 5) is 4.31. The van der Waals surface area contributed by atoms with Crippen molar-refractivity contribution in [1.29, 1.82) is 0 Å². The third-order valence-electron chi connectivity index (χ3n) is 4.28. The molecule has 0 amide bonds. The van der Waals surface area contributed by atoms with E-state index in [1.54, 1.807) is 12.1 Å². The van der Waals surface area contributed by atoms with E-state index in [-0.39, 0.29) is 11.2 Å². The summed E-state index contributed by atoms with van der Waals surface area (Å²) in [6, 6.07) is 6.78. The minimum atomic E-state index is -0.183. The van der Waals surface area contributed by atoms with Gasteiger partial charge in [0.05, 0.1) is 6.33 Å². The summed E-state index contributed by atoms with van der Waals surface area (Å²) in [6.07, 6.45) is 6.04. The van der Waals surface area contributed by atoms with Gasteiger partial charge in [0.2, 0.25) is 0 Å². The molecule has 20 heavy (non-hydrogen) atoms. The van der Waals surface area contributed by atoms with Gasteiger partial charge in [0.1, 0.15) is 5.82 Å². The molecule has 2 heterocycles. The Morgan fingerprint density at radius 3 is 2.90 bits per heavy atom. The van der Waals surface area contributed by atoms with Crippen molar-refractivity contribution >= 4 is 0 Å². The zero-order chi connectivity index (χ0) is 14.0. The van der Waals surface area contributed by atoms with Gasteiger partial charge in [0.15, 0.2) is 0 Å². The Bertz CT molecular complexity index is 585. The highest BCUT2D eigenvalue weighted by atomic mass is 19.1. The molecule has 1 aliphatic heterocycles. The van der Waals surface area contributed by atoms with Crippen molar-refractivity contribution in [3.8, 4) is 0 Å². The fraction of sp³-hybridized carbons (Fsp3) is 0.438. The molecule has 1 aliphatic rings. The van der Waals surface area contributed by atoms with Crippen molar-refractivity contribution < 1.29 is 4.39 Å². The first-order valence-corrected chi connectivity index (χ1v) is 7.13. The predicted molar refractivity (Wildman–Crippen MR) is 77.2 cm³/mol. The van der Waals surface area contributed by atoms with Crippen LogP contribution in [0.25, 0.3) is 0 Å². The fourth-order valence-corrected chi connectivity index (χ4v) is 3.02. The SMILES string of the molecule is CC1(c2cncn2Cc2cccc(F)c2)CCNCC1. The maximum absolute atomic E-state index is 13.3. The van der Waals surface area contributed by atoms with Crippen LogP contribution in [0.3, 0.4) is 0 Å². The van der Waals surface area contributed by atoms with E-state index in [0.29, 0.717) is 6.54 Å². The summed E-state index contributed by atoms with van der Waals surface area (Å²) in [5, 5.41) is 3.40. The molecule has 3 rings (SSSR count). The maximum atomic E-state index is 13.3.